The lowest BCUT2D eigenvalue weighted by molar-refractivity contribution is -0.118. The molecule has 0 unspecified atom stereocenters. The molecule has 4 atom stereocenters. The van der Waals surface area contributed by atoms with Crippen LogP contribution in [0.2, 0.25) is 10.0 Å². The highest BCUT2D eigenvalue weighted by molar-refractivity contribution is 6.31. The second-order valence-corrected chi connectivity index (χ2v) is 12.6. The highest BCUT2D eigenvalue weighted by Gasteiger charge is 2.61. The molecule has 1 aliphatic heterocycles. The van der Waals surface area contributed by atoms with Gasteiger partial charge < -0.3 is 21.1 Å². The quantitative estimate of drug-likeness (QED) is 0.249. The molecule has 1 fully saturated rings. The van der Waals surface area contributed by atoms with E-state index in [1.807, 2.05) is 20.8 Å². The van der Waals surface area contributed by atoms with Gasteiger partial charge in [-0.3, -0.25) is 9.59 Å². The molecule has 7 nitrogen and oxygen atoms in total. The molecule has 0 aliphatic carbocycles. The molecule has 0 aromatic heterocycles. The van der Waals surface area contributed by atoms with Crippen LogP contribution in [0, 0.1) is 28.4 Å². The number of carbonyl (C=O) groups excluding carboxylic acids is 2. The van der Waals surface area contributed by atoms with Gasteiger partial charge >= 0.3 is 0 Å². The van der Waals surface area contributed by atoms with Gasteiger partial charge in [0.2, 0.25) is 5.91 Å². The predicted molar refractivity (Wildman–Crippen MR) is 163 cm³/mol. The SMILES string of the molecule is COc1cc(C(=O)CN)ccc1NC(=O)[C@@H]1N[C@@H](CC(C)(C)C)[C@](C#N)(c2ccc(Cl)cc2F)[C@H]1c1cccc(Cl)c1F. The van der Waals surface area contributed by atoms with Gasteiger partial charge in [0.25, 0.3) is 0 Å². The van der Waals surface area contributed by atoms with Crippen LogP contribution in [0.1, 0.15) is 54.6 Å². The number of hydrogen-bond acceptors (Lipinski definition) is 6. The number of hydrogen-bond donors (Lipinski definition) is 3. The lowest BCUT2D eigenvalue weighted by Gasteiger charge is -2.37. The van der Waals surface area contributed by atoms with Gasteiger partial charge in [0.15, 0.2) is 5.78 Å². The summed E-state index contributed by atoms with van der Waals surface area (Å²) in [5.74, 6) is -3.57. The minimum absolute atomic E-state index is 0.0247. The topological polar surface area (TPSA) is 117 Å². The van der Waals surface area contributed by atoms with Crippen molar-refractivity contribution in [3.05, 3.63) is 93.0 Å². The molecule has 11 heteroatoms. The Bertz CT molecular complexity index is 1600. The number of methoxy groups -OCH3 is 1. The normalized spacial score (nSPS) is 21.7. The van der Waals surface area contributed by atoms with Gasteiger partial charge in [-0.1, -0.05) is 62.2 Å². The summed E-state index contributed by atoms with van der Waals surface area (Å²) in [5, 5.41) is 16.9. The molecule has 0 saturated carbocycles. The zero-order valence-electron chi connectivity index (χ0n) is 24.1. The van der Waals surface area contributed by atoms with Crippen molar-refractivity contribution in [3.63, 3.8) is 0 Å². The van der Waals surface area contributed by atoms with Gasteiger partial charge in [-0.25, -0.2) is 8.78 Å². The summed E-state index contributed by atoms with van der Waals surface area (Å²) in [6, 6.07) is 13.0. The van der Waals surface area contributed by atoms with E-state index in [0.717, 1.165) is 6.07 Å². The standard InChI is InChI=1S/C32H32Cl2F2N4O3/c1-31(2,3)14-26-32(16-38,20-10-9-18(33)13-22(20)35)27(19-6-5-7-21(34)28(19)36)29(40-26)30(42)39-23-11-8-17(24(41)15-37)12-25(23)43-4/h5-13,26-27,29,40H,14-15,37H2,1-4H3,(H,39,42)/t26-,27-,29+,32-/m0/s1. The summed E-state index contributed by atoms with van der Waals surface area (Å²) in [6.45, 7) is 5.64. The molecule has 0 spiro atoms. The molecule has 43 heavy (non-hydrogen) atoms. The zero-order chi connectivity index (χ0) is 31.7. The molecule has 3 aromatic carbocycles. The Labute approximate surface area is 259 Å². The third-order valence-electron chi connectivity index (χ3n) is 7.70. The van der Waals surface area contributed by atoms with Crippen molar-refractivity contribution in [1.82, 2.24) is 5.32 Å². The fraction of sp³-hybridized carbons (Fsp3) is 0.344. The number of rotatable bonds is 8. The van der Waals surface area contributed by atoms with Crippen molar-refractivity contribution in [3.8, 4) is 11.8 Å². The molecule has 226 valence electrons. The number of benzene rings is 3. The number of carbonyl (C=O) groups is 2. The summed E-state index contributed by atoms with van der Waals surface area (Å²) in [5.41, 5.74) is 3.80. The number of amides is 1. The highest BCUT2D eigenvalue weighted by Crippen LogP contribution is 2.53. The van der Waals surface area contributed by atoms with Crippen LogP contribution in [0.15, 0.2) is 54.6 Å². The van der Waals surface area contributed by atoms with E-state index in [9.17, 15) is 14.9 Å². The van der Waals surface area contributed by atoms with Crippen LogP contribution in [0.4, 0.5) is 14.5 Å². The maximum atomic E-state index is 15.8. The molecule has 0 bridgehead atoms. The van der Waals surface area contributed by atoms with Crippen molar-refractivity contribution >= 4 is 40.6 Å². The fourth-order valence-electron chi connectivity index (χ4n) is 5.85. The number of nitrogens with one attached hydrogen (secondary N) is 2. The Morgan fingerprint density at radius 3 is 2.47 bits per heavy atom. The number of nitrogens with zero attached hydrogens (tertiary/aromatic N) is 1. The predicted octanol–water partition coefficient (Wildman–Crippen LogP) is 6.38. The number of nitriles is 1. The maximum Gasteiger partial charge on any atom is 0.242 e. The first-order valence-electron chi connectivity index (χ1n) is 13.6. The molecule has 1 aliphatic rings. The van der Waals surface area contributed by atoms with Crippen LogP contribution in [0.3, 0.4) is 0 Å². The van der Waals surface area contributed by atoms with E-state index >= 15 is 8.78 Å². The first kappa shape index (κ1) is 32.4. The molecule has 3 aromatic rings. The van der Waals surface area contributed by atoms with Gasteiger partial charge in [0, 0.05) is 28.1 Å². The zero-order valence-corrected chi connectivity index (χ0v) is 25.6. The molecule has 1 saturated heterocycles. The maximum absolute atomic E-state index is 15.8. The average molecular weight is 630 g/mol. The summed E-state index contributed by atoms with van der Waals surface area (Å²) < 4.78 is 37.0. The number of ether oxygens (including phenoxy) is 1. The van der Waals surface area contributed by atoms with Crippen molar-refractivity contribution < 1.29 is 23.1 Å². The van der Waals surface area contributed by atoms with Gasteiger partial charge in [0.05, 0.1) is 36.5 Å². The van der Waals surface area contributed by atoms with Crippen molar-refractivity contribution in [2.45, 2.75) is 50.6 Å². The molecule has 0 radical (unpaired) electrons. The number of nitrogens with two attached hydrogens (primary N) is 1. The molecular formula is C32H32Cl2F2N4O3. The number of anilines is 1. The van der Waals surface area contributed by atoms with Crippen molar-refractivity contribution in [1.29, 1.82) is 5.26 Å². The van der Waals surface area contributed by atoms with Gasteiger partial charge in [-0.2, -0.15) is 5.26 Å². The lowest BCUT2D eigenvalue weighted by Crippen LogP contribution is -2.45. The van der Waals surface area contributed by atoms with E-state index in [4.69, 9.17) is 33.7 Å². The first-order valence-corrected chi connectivity index (χ1v) is 14.3. The summed E-state index contributed by atoms with van der Waals surface area (Å²) in [6.07, 6.45) is 0.324. The third kappa shape index (κ3) is 6.24. The Hall–Kier alpha value is -3.55. The van der Waals surface area contributed by atoms with E-state index in [-0.39, 0.29) is 50.4 Å². The molecule has 4 N–H and O–H groups in total. The second kappa shape index (κ2) is 12.6. The Kier molecular flexibility index (Phi) is 9.48. The molecule has 1 heterocycles. The van der Waals surface area contributed by atoms with Gasteiger partial charge in [0.1, 0.15) is 22.8 Å². The largest absolute Gasteiger partial charge is 0.495 e. The van der Waals surface area contributed by atoms with Gasteiger partial charge in [-0.05, 0) is 53.8 Å². The third-order valence-corrected chi connectivity index (χ3v) is 8.23. The Morgan fingerprint density at radius 1 is 1.14 bits per heavy atom. The van der Waals surface area contributed by atoms with Gasteiger partial charge in [-0.15, -0.1) is 0 Å². The summed E-state index contributed by atoms with van der Waals surface area (Å²) in [7, 11) is 1.38. The smallest absolute Gasteiger partial charge is 0.242 e. The Balaban J connectivity index is 1.93. The van der Waals surface area contributed by atoms with Crippen LogP contribution >= 0.6 is 23.2 Å². The lowest BCUT2D eigenvalue weighted by atomic mass is 9.62. The van der Waals surface area contributed by atoms with E-state index in [0.29, 0.717) is 12.0 Å². The minimum atomic E-state index is -1.77. The Morgan fingerprint density at radius 2 is 1.86 bits per heavy atom. The van der Waals surface area contributed by atoms with E-state index in [1.54, 1.807) is 0 Å². The van der Waals surface area contributed by atoms with E-state index in [2.05, 4.69) is 16.7 Å². The fourth-order valence-corrected chi connectivity index (χ4v) is 6.19. The monoisotopic (exact) mass is 628 g/mol. The van der Waals surface area contributed by atoms with E-state index in [1.165, 1.54) is 55.6 Å². The van der Waals surface area contributed by atoms with Crippen LogP contribution in [0.5, 0.6) is 5.75 Å². The first-order chi connectivity index (χ1) is 20.3. The number of ketones is 1. The molecule has 1 amide bonds. The second-order valence-electron chi connectivity index (χ2n) is 11.7. The number of Topliss-reactive ketones (excluding diaryl/α,β-unsaturated/α-hetero) is 1. The van der Waals surface area contributed by atoms with Crippen molar-refractivity contribution in [2.24, 2.45) is 11.1 Å². The summed E-state index contributed by atoms with van der Waals surface area (Å²) >= 11 is 12.3. The van der Waals surface area contributed by atoms with E-state index < -0.39 is 41.0 Å². The highest BCUT2D eigenvalue weighted by atomic mass is 35.5. The molecular weight excluding hydrogens is 597 g/mol. The minimum Gasteiger partial charge on any atom is -0.495 e. The van der Waals surface area contributed by atoms with Crippen LogP contribution < -0.4 is 21.1 Å². The van der Waals surface area contributed by atoms with Crippen molar-refractivity contribution in [2.75, 3.05) is 19.0 Å². The van der Waals surface area contributed by atoms with Crippen LogP contribution in [-0.4, -0.2) is 37.4 Å². The summed E-state index contributed by atoms with van der Waals surface area (Å²) in [4.78, 5) is 26.3. The number of halogens is 4. The van der Waals surface area contributed by atoms with Crippen LogP contribution in [0.25, 0.3) is 0 Å². The average Bonchev–Trinajstić information content (AvgIpc) is 3.27. The van der Waals surface area contributed by atoms with Crippen LogP contribution in [-0.2, 0) is 10.2 Å². The molecule has 4 rings (SSSR count).